The molecule has 178 valence electrons. The Bertz CT molecular complexity index is 1340. The molecule has 9 heteroatoms. The summed E-state index contributed by atoms with van der Waals surface area (Å²) in [4.78, 5) is 17.7. The summed E-state index contributed by atoms with van der Waals surface area (Å²) in [6.45, 7) is 3.71. The number of aromatic nitrogens is 2. The summed E-state index contributed by atoms with van der Waals surface area (Å²) >= 11 is 0. The van der Waals surface area contributed by atoms with Crippen LogP contribution in [-0.2, 0) is 6.54 Å². The summed E-state index contributed by atoms with van der Waals surface area (Å²) in [5.74, 6) is 1.64. The fraction of sp³-hybridized carbons (Fsp3) is 0.231. The van der Waals surface area contributed by atoms with Crippen LogP contribution < -0.4 is 9.47 Å². The number of hydrogen-bond donors (Lipinski definition) is 0. The second kappa shape index (κ2) is 8.92. The van der Waals surface area contributed by atoms with Crippen molar-refractivity contribution in [3.05, 3.63) is 84.0 Å². The van der Waals surface area contributed by atoms with Gasteiger partial charge >= 0.3 is 0 Å². The topological polar surface area (TPSA) is 73.0 Å². The van der Waals surface area contributed by atoms with Gasteiger partial charge in [0.2, 0.25) is 6.79 Å². The molecule has 0 unspecified atom stereocenters. The summed E-state index contributed by atoms with van der Waals surface area (Å²) < 4.78 is 31.4. The van der Waals surface area contributed by atoms with Gasteiger partial charge < -0.3 is 18.8 Å². The molecule has 35 heavy (non-hydrogen) atoms. The molecule has 0 spiro atoms. The number of nitrogens with zero attached hydrogens (tertiary/aromatic N) is 4. The van der Waals surface area contributed by atoms with Crippen molar-refractivity contribution in [3.8, 4) is 28.6 Å². The van der Waals surface area contributed by atoms with E-state index in [-0.39, 0.29) is 18.5 Å². The highest BCUT2D eigenvalue weighted by atomic mass is 19.1. The molecular formula is C26H23FN4O4. The number of carbonyl (C=O) groups is 1. The van der Waals surface area contributed by atoms with Gasteiger partial charge in [-0.3, -0.25) is 9.69 Å². The number of amides is 1. The molecule has 2 aromatic carbocycles. The van der Waals surface area contributed by atoms with Gasteiger partial charge in [-0.1, -0.05) is 6.07 Å². The van der Waals surface area contributed by atoms with Crippen molar-refractivity contribution in [1.29, 1.82) is 0 Å². The van der Waals surface area contributed by atoms with Gasteiger partial charge in [-0.2, -0.15) is 5.10 Å². The van der Waals surface area contributed by atoms with Gasteiger partial charge in [0.05, 0.1) is 12.0 Å². The van der Waals surface area contributed by atoms with Crippen LogP contribution in [0.3, 0.4) is 0 Å². The lowest BCUT2D eigenvalue weighted by Gasteiger charge is -2.34. The first-order valence-corrected chi connectivity index (χ1v) is 11.4. The Kier molecular flexibility index (Phi) is 5.46. The number of halogens is 1. The minimum absolute atomic E-state index is 0.123. The fourth-order valence-corrected chi connectivity index (χ4v) is 4.43. The van der Waals surface area contributed by atoms with Gasteiger partial charge in [0.1, 0.15) is 17.2 Å². The van der Waals surface area contributed by atoms with Crippen molar-refractivity contribution in [1.82, 2.24) is 19.6 Å². The summed E-state index contributed by atoms with van der Waals surface area (Å²) in [7, 11) is 0. The van der Waals surface area contributed by atoms with E-state index in [9.17, 15) is 9.18 Å². The molecule has 2 aliphatic rings. The minimum atomic E-state index is -0.348. The number of furan rings is 1. The summed E-state index contributed by atoms with van der Waals surface area (Å²) in [5, 5.41) is 4.59. The van der Waals surface area contributed by atoms with E-state index in [1.165, 1.54) is 12.1 Å². The van der Waals surface area contributed by atoms with Crippen LogP contribution in [0, 0.1) is 5.82 Å². The Labute approximate surface area is 201 Å². The largest absolute Gasteiger partial charge is 0.463 e. The lowest BCUT2D eigenvalue weighted by molar-refractivity contribution is 0.0619. The molecule has 0 bridgehead atoms. The molecule has 1 amide bonds. The minimum Gasteiger partial charge on any atom is -0.463 e. The first kappa shape index (κ1) is 21.4. The second-order valence-corrected chi connectivity index (χ2v) is 8.54. The Hall–Kier alpha value is -4.11. The highest BCUT2D eigenvalue weighted by Crippen LogP contribution is 2.33. The lowest BCUT2D eigenvalue weighted by atomic mass is 10.1. The van der Waals surface area contributed by atoms with Crippen molar-refractivity contribution in [2.24, 2.45) is 0 Å². The highest BCUT2D eigenvalue weighted by molar-refractivity contribution is 5.94. The highest BCUT2D eigenvalue weighted by Gasteiger charge is 2.27. The normalized spacial score (nSPS) is 15.5. The molecule has 2 aromatic heterocycles. The van der Waals surface area contributed by atoms with Crippen LogP contribution in [0.4, 0.5) is 4.39 Å². The predicted octanol–water partition coefficient (Wildman–Crippen LogP) is 3.96. The maximum absolute atomic E-state index is 13.5. The zero-order valence-electron chi connectivity index (χ0n) is 18.9. The standard InChI is InChI=1S/C26H23FN4O4/c27-19-4-6-20(7-5-19)31-22(15-21(28-31)23-2-1-13-33-23)26(32)30-11-9-29(10-12-30)16-18-3-8-24-25(14-18)35-17-34-24/h1-8,13-15H,9-12,16-17H2. The number of piperazine rings is 1. The van der Waals surface area contributed by atoms with Crippen LogP contribution in [0.25, 0.3) is 17.1 Å². The monoisotopic (exact) mass is 474 g/mol. The number of carbonyl (C=O) groups excluding carboxylic acids is 1. The van der Waals surface area contributed by atoms with Crippen molar-refractivity contribution < 1.29 is 23.1 Å². The third kappa shape index (κ3) is 4.26. The molecule has 0 N–H and O–H groups in total. The van der Waals surface area contributed by atoms with Gasteiger partial charge in [0.15, 0.2) is 17.3 Å². The summed E-state index contributed by atoms with van der Waals surface area (Å²) in [5.41, 5.74) is 2.71. The lowest BCUT2D eigenvalue weighted by Crippen LogP contribution is -2.48. The van der Waals surface area contributed by atoms with Crippen LogP contribution >= 0.6 is 0 Å². The number of fused-ring (bicyclic) bond motifs is 1. The fourth-order valence-electron chi connectivity index (χ4n) is 4.43. The van der Waals surface area contributed by atoms with Crippen molar-refractivity contribution in [2.45, 2.75) is 6.54 Å². The average molecular weight is 474 g/mol. The van der Waals surface area contributed by atoms with Gasteiger partial charge in [-0.25, -0.2) is 9.07 Å². The van der Waals surface area contributed by atoms with E-state index in [1.807, 2.05) is 23.1 Å². The molecule has 1 fully saturated rings. The molecule has 4 aromatic rings. The van der Waals surface area contributed by atoms with Crippen molar-refractivity contribution in [3.63, 3.8) is 0 Å². The first-order valence-electron chi connectivity index (χ1n) is 11.4. The van der Waals surface area contributed by atoms with Crippen LogP contribution in [0.2, 0.25) is 0 Å². The summed E-state index contributed by atoms with van der Waals surface area (Å²) in [6, 6.07) is 17.2. The third-order valence-corrected chi connectivity index (χ3v) is 6.28. The maximum Gasteiger partial charge on any atom is 0.272 e. The average Bonchev–Trinajstić information content (AvgIpc) is 3.65. The Morgan fingerprint density at radius 3 is 2.51 bits per heavy atom. The van der Waals surface area contributed by atoms with E-state index >= 15 is 0 Å². The van der Waals surface area contributed by atoms with Crippen LogP contribution in [0.1, 0.15) is 16.1 Å². The van der Waals surface area contributed by atoms with Gasteiger partial charge in [0.25, 0.3) is 5.91 Å². The van der Waals surface area contributed by atoms with E-state index in [1.54, 1.807) is 41.3 Å². The van der Waals surface area contributed by atoms with Gasteiger partial charge in [0, 0.05) is 38.8 Å². The molecule has 1 saturated heterocycles. The molecule has 4 heterocycles. The molecule has 0 aliphatic carbocycles. The molecule has 0 saturated carbocycles. The van der Waals surface area contributed by atoms with E-state index in [4.69, 9.17) is 13.9 Å². The third-order valence-electron chi connectivity index (χ3n) is 6.28. The number of ether oxygens (including phenoxy) is 2. The summed E-state index contributed by atoms with van der Waals surface area (Å²) in [6.07, 6.45) is 1.56. The van der Waals surface area contributed by atoms with Crippen molar-refractivity contribution in [2.75, 3.05) is 33.0 Å². The molecular weight excluding hydrogens is 451 g/mol. The van der Waals surface area contributed by atoms with E-state index in [0.29, 0.717) is 35.9 Å². The molecule has 2 aliphatic heterocycles. The molecule has 0 atom stereocenters. The van der Waals surface area contributed by atoms with E-state index in [0.717, 1.165) is 36.7 Å². The quantitative estimate of drug-likeness (QED) is 0.436. The van der Waals surface area contributed by atoms with Gasteiger partial charge in [-0.15, -0.1) is 0 Å². The van der Waals surface area contributed by atoms with Crippen LogP contribution in [0.15, 0.2) is 71.3 Å². The molecule has 6 rings (SSSR count). The molecule has 8 nitrogen and oxygen atoms in total. The smallest absolute Gasteiger partial charge is 0.272 e. The molecule has 0 radical (unpaired) electrons. The zero-order chi connectivity index (χ0) is 23.8. The van der Waals surface area contributed by atoms with Crippen molar-refractivity contribution >= 4 is 5.91 Å². The van der Waals surface area contributed by atoms with E-state index in [2.05, 4.69) is 10.00 Å². The number of hydrogen-bond acceptors (Lipinski definition) is 6. The first-order chi connectivity index (χ1) is 17.1. The van der Waals surface area contributed by atoms with Crippen LogP contribution in [0.5, 0.6) is 11.5 Å². The van der Waals surface area contributed by atoms with Gasteiger partial charge in [-0.05, 0) is 54.1 Å². The van der Waals surface area contributed by atoms with E-state index < -0.39 is 0 Å². The Balaban J connectivity index is 1.19. The Morgan fingerprint density at radius 2 is 1.74 bits per heavy atom. The van der Waals surface area contributed by atoms with Crippen LogP contribution in [-0.4, -0.2) is 58.5 Å². The second-order valence-electron chi connectivity index (χ2n) is 8.54. The Morgan fingerprint density at radius 1 is 0.943 bits per heavy atom. The number of benzene rings is 2. The number of rotatable bonds is 5. The maximum atomic E-state index is 13.5. The zero-order valence-corrected chi connectivity index (χ0v) is 18.9. The SMILES string of the molecule is O=C(c1cc(-c2ccco2)nn1-c1ccc(F)cc1)N1CCN(Cc2ccc3c(c2)OCO3)CC1. The predicted molar refractivity (Wildman–Crippen MR) is 125 cm³/mol.